The van der Waals surface area contributed by atoms with Crippen molar-refractivity contribution < 1.29 is 24.3 Å². The number of likely N-dealkylation sites (N-methyl/N-ethyl adjacent to an activating group) is 2. The van der Waals surface area contributed by atoms with Gasteiger partial charge in [-0.2, -0.15) is 0 Å². The van der Waals surface area contributed by atoms with Gasteiger partial charge in [0.05, 0.1) is 6.54 Å². The topological polar surface area (TPSA) is 110 Å². The summed E-state index contributed by atoms with van der Waals surface area (Å²) in [5, 5.41) is 12.7. The highest BCUT2D eigenvalue weighted by Gasteiger charge is 2.42. The van der Waals surface area contributed by atoms with Crippen molar-refractivity contribution in [1.82, 2.24) is 20.0 Å². The number of carbonyl (C=O) groups is 4. The van der Waals surface area contributed by atoms with Crippen molar-refractivity contribution >= 4 is 23.7 Å². The second kappa shape index (κ2) is 15.2. The first-order chi connectivity index (χ1) is 19.9. The minimum Gasteiger partial charge on any atom is -0.480 e. The Morgan fingerprint density at radius 1 is 1.02 bits per heavy atom. The molecule has 1 fully saturated rings. The number of piperidine rings is 1. The normalized spacial score (nSPS) is 18.2. The number of benzene rings is 1. The number of nitrogens with one attached hydrogen (secondary N) is 1. The van der Waals surface area contributed by atoms with Gasteiger partial charge < -0.3 is 20.2 Å². The lowest BCUT2D eigenvalue weighted by Crippen LogP contribution is -2.59. The standard InChI is InChI=1S/C34H56N4O5/c1-11-25(34(7,8)24-17-13-12-14-18-24)30(40)35-29(33(4,5)6)31(41)37(10)27(23(2)3)21-36(9)22-28(39)38-20-16-15-19-26(38)32(42)43/h12-14,17-18,23,25-27,29H,11,15-16,19-22H2,1-10H3,(H,35,40)(H,42,43)/t25-,26+,27-,29-/m1/s1. The van der Waals surface area contributed by atoms with Gasteiger partial charge >= 0.3 is 5.97 Å². The van der Waals surface area contributed by atoms with Crippen molar-refractivity contribution in [2.45, 2.75) is 105 Å². The number of likely N-dealkylation sites (tertiary alicyclic amines) is 1. The summed E-state index contributed by atoms with van der Waals surface area (Å²) >= 11 is 0. The van der Waals surface area contributed by atoms with E-state index in [2.05, 4.69) is 19.2 Å². The van der Waals surface area contributed by atoms with Crippen LogP contribution in [0.2, 0.25) is 0 Å². The molecule has 0 radical (unpaired) electrons. The number of carboxylic acid groups (broad SMARTS) is 1. The third-order valence-electron chi connectivity index (χ3n) is 9.14. The van der Waals surface area contributed by atoms with E-state index < -0.39 is 28.9 Å². The van der Waals surface area contributed by atoms with Crippen molar-refractivity contribution in [3.8, 4) is 0 Å². The van der Waals surface area contributed by atoms with Crippen LogP contribution in [0.25, 0.3) is 0 Å². The molecule has 3 amide bonds. The van der Waals surface area contributed by atoms with Gasteiger partial charge in [0.15, 0.2) is 0 Å². The van der Waals surface area contributed by atoms with Gasteiger partial charge in [0, 0.05) is 37.5 Å². The van der Waals surface area contributed by atoms with Crippen LogP contribution in [0.1, 0.15) is 86.6 Å². The summed E-state index contributed by atoms with van der Waals surface area (Å²) in [6, 6.07) is 8.24. The van der Waals surface area contributed by atoms with Gasteiger partial charge in [-0.05, 0) is 49.6 Å². The summed E-state index contributed by atoms with van der Waals surface area (Å²) in [7, 11) is 3.59. The lowest BCUT2D eigenvalue weighted by atomic mass is 9.71. The van der Waals surface area contributed by atoms with Gasteiger partial charge in [0.2, 0.25) is 17.7 Å². The van der Waals surface area contributed by atoms with E-state index in [-0.39, 0.29) is 42.1 Å². The Labute approximate surface area is 259 Å². The fourth-order valence-corrected chi connectivity index (χ4v) is 6.32. The third-order valence-corrected chi connectivity index (χ3v) is 9.14. The average Bonchev–Trinajstić information content (AvgIpc) is 2.93. The zero-order chi connectivity index (χ0) is 32.7. The zero-order valence-electron chi connectivity index (χ0n) is 28.1. The molecule has 0 bridgehead atoms. The molecule has 242 valence electrons. The predicted molar refractivity (Wildman–Crippen MR) is 171 cm³/mol. The summed E-state index contributed by atoms with van der Waals surface area (Å²) in [6.07, 6.45) is 2.69. The number of nitrogens with zero attached hydrogens (tertiary/aromatic N) is 3. The van der Waals surface area contributed by atoms with Crippen molar-refractivity contribution in [1.29, 1.82) is 0 Å². The molecule has 0 aromatic heterocycles. The molecular formula is C34H56N4O5. The largest absolute Gasteiger partial charge is 0.480 e. The van der Waals surface area contributed by atoms with E-state index in [1.165, 1.54) is 4.90 Å². The number of hydrogen-bond donors (Lipinski definition) is 2. The van der Waals surface area contributed by atoms with E-state index in [1.54, 1.807) is 11.9 Å². The highest BCUT2D eigenvalue weighted by molar-refractivity contribution is 5.90. The maximum absolute atomic E-state index is 14.1. The van der Waals surface area contributed by atoms with Crippen LogP contribution in [-0.2, 0) is 24.6 Å². The van der Waals surface area contributed by atoms with Crippen LogP contribution in [0.5, 0.6) is 0 Å². The monoisotopic (exact) mass is 600 g/mol. The zero-order valence-corrected chi connectivity index (χ0v) is 28.1. The number of amides is 3. The number of carbonyl (C=O) groups excluding carboxylic acids is 3. The first kappa shape index (κ1) is 36.3. The fraction of sp³-hybridized carbons (Fsp3) is 0.706. The average molecular weight is 601 g/mol. The Kier molecular flexibility index (Phi) is 12.8. The summed E-state index contributed by atoms with van der Waals surface area (Å²) in [6.45, 7) is 17.0. The first-order valence-corrected chi connectivity index (χ1v) is 15.8. The molecule has 0 unspecified atom stereocenters. The second-order valence-electron chi connectivity index (χ2n) is 14.3. The van der Waals surface area contributed by atoms with Crippen LogP contribution < -0.4 is 5.32 Å². The molecule has 9 nitrogen and oxygen atoms in total. The van der Waals surface area contributed by atoms with Crippen LogP contribution in [0.3, 0.4) is 0 Å². The van der Waals surface area contributed by atoms with E-state index in [4.69, 9.17) is 0 Å². The number of carboxylic acids is 1. The van der Waals surface area contributed by atoms with Gasteiger partial charge in [-0.25, -0.2) is 4.79 Å². The molecule has 4 atom stereocenters. The smallest absolute Gasteiger partial charge is 0.326 e. The molecule has 1 saturated heterocycles. The molecule has 2 N–H and O–H groups in total. The van der Waals surface area contributed by atoms with Crippen LogP contribution in [-0.4, -0.2) is 95.4 Å². The highest BCUT2D eigenvalue weighted by atomic mass is 16.4. The fourth-order valence-electron chi connectivity index (χ4n) is 6.32. The number of rotatable bonds is 13. The van der Waals surface area contributed by atoms with E-state index >= 15 is 0 Å². The van der Waals surface area contributed by atoms with Crippen molar-refractivity contribution in [3.05, 3.63) is 35.9 Å². The third kappa shape index (κ3) is 9.27. The van der Waals surface area contributed by atoms with Crippen LogP contribution >= 0.6 is 0 Å². The van der Waals surface area contributed by atoms with Crippen LogP contribution in [0.15, 0.2) is 30.3 Å². The second-order valence-corrected chi connectivity index (χ2v) is 14.3. The first-order valence-electron chi connectivity index (χ1n) is 15.8. The molecule has 2 rings (SSSR count). The van der Waals surface area contributed by atoms with Gasteiger partial charge in [-0.3, -0.25) is 19.3 Å². The molecule has 9 heteroatoms. The molecule has 0 aliphatic carbocycles. The molecule has 1 aromatic rings. The number of hydrogen-bond acceptors (Lipinski definition) is 5. The molecule has 0 spiro atoms. The molecule has 43 heavy (non-hydrogen) atoms. The Bertz CT molecular complexity index is 1100. The maximum Gasteiger partial charge on any atom is 0.326 e. The highest BCUT2D eigenvalue weighted by Crippen LogP contribution is 2.35. The Hall–Kier alpha value is -2.94. The minimum absolute atomic E-state index is 0.0706. The maximum atomic E-state index is 14.1. The van der Waals surface area contributed by atoms with E-state index in [0.717, 1.165) is 18.4 Å². The van der Waals surface area contributed by atoms with E-state index in [9.17, 15) is 24.3 Å². The van der Waals surface area contributed by atoms with Gasteiger partial charge in [0.1, 0.15) is 12.1 Å². The van der Waals surface area contributed by atoms with E-state index in [1.807, 2.05) is 83.8 Å². The molecule has 0 saturated carbocycles. The SMILES string of the molecule is CC[C@H](C(=O)N[C@H](C(=O)N(C)[C@H](CN(C)CC(=O)N1CCCC[C@H]1C(=O)O)C(C)C)C(C)(C)C)C(C)(C)c1ccccc1. The molecule has 1 heterocycles. The van der Waals surface area contributed by atoms with Gasteiger partial charge in [-0.15, -0.1) is 0 Å². The van der Waals surface area contributed by atoms with Crippen molar-refractivity contribution in [2.75, 3.05) is 33.7 Å². The summed E-state index contributed by atoms with van der Waals surface area (Å²) in [4.78, 5) is 57.8. The lowest BCUT2D eigenvalue weighted by molar-refractivity contribution is -0.152. The van der Waals surface area contributed by atoms with Crippen molar-refractivity contribution in [2.24, 2.45) is 17.3 Å². The summed E-state index contributed by atoms with van der Waals surface area (Å²) < 4.78 is 0. The van der Waals surface area contributed by atoms with Crippen LogP contribution in [0, 0.1) is 17.3 Å². The molecule has 1 aromatic carbocycles. The van der Waals surface area contributed by atoms with E-state index in [0.29, 0.717) is 25.9 Å². The Balaban J connectivity index is 2.21. The quantitative estimate of drug-likeness (QED) is 0.347. The summed E-state index contributed by atoms with van der Waals surface area (Å²) in [5.74, 6) is -1.75. The molecule has 1 aliphatic rings. The number of aliphatic carboxylic acids is 1. The Morgan fingerprint density at radius 3 is 2.14 bits per heavy atom. The minimum atomic E-state index is -0.964. The summed E-state index contributed by atoms with van der Waals surface area (Å²) in [5.41, 5.74) is 0.102. The van der Waals surface area contributed by atoms with Crippen LogP contribution in [0.4, 0.5) is 0 Å². The predicted octanol–water partition coefficient (Wildman–Crippen LogP) is 4.40. The van der Waals surface area contributed by atoms with Crippen molar-refractivity contribution in [3.63, 3.8) is 0 Å². The van der Waals surface area contributed by atoms with Gasteiger partial charge in [-0.1, -0.05) is 85.7 Å². The molecular weight excluding hydrogens is 544 g/mol. The molecule has 1 aliphatic heterocycles. The Morgan fingerprint density at radius 2 is 1.63 bits per heavy atom. The lowest BCUT2D eigenvalue weighted by Gasteiger charge is -2.41. The van der Waals surface area contributed by atoms with Gasteiger partial charge in [0.25, 0.3) is 0 Å².